The van der Waals surface area contributed by atoms with E-state index in [1.54, 1.807) is 24.5 Å². The molecule has 0 aromatic carbocycles. The lowest BCUT2D eigenvalue weighted by Crippen LogP contribution is -2.38. The fraction of sp³-hybridized carbons (Fsp3) is 0.400. The molecule has 1 heterocycles. The van der Waals surface area contributed by atoms with E-state index in [4.69, 9.17) is 5.11 Å². The third kappa shape index (κ3) is 3.24. The number of rotatable bonds is 5. The smallest absolute Gasteiger partial charge is 0.323 e. The predicted molar refractivity (Wildman–Crippen MR) is 61.7 cm³/mol. The molecule has 6 nitrogen and oxygen atoms in total. The average molecular weight is 258 g/mol. The number of pyridine rings is 1. The van der Waals surface area contributed by atoms with Crippen LogP contribution >= 0.6 is 0 Å². The van der Waals surface area contributed by atoms with Crippen LogP contribution in [-0.4, -0.2) is 41.1 Å². The van der Waals surface area contributed by atoms with E-state index < -0.39 is 21.2 Å². The lowest BCUT2D eigenvalue weighted by atomic mass is 10.3. The fourth-order valence-electron chi connectivity index (χ4n) is 1.23. The van der Waals surface area contributed by atoms with Gasteiger partial charge < -0.3 is 5.11 Å². The van der Waals surface area contributed by atoms with Gasteiger partial charge in [0.25, 0.3) is 0 Å². The quantitative estimate of drug-likeness (QED) is 0.821. The summed E-state index contributed by atoms with van der Waals surface area (Å²) in [6.07, 6.45) is 3.10. The highest BCUT2D eigenvalue weighted by atomic mass is 32.2. The fourth-order valence-corrected chi connectivity index (χ4v) is 2.36. The second-order valence-corrected chi connectivity index (χ2v) is 6.00. The summed E-state index contributed by atoms with van der Waals surface area (Å²) < 4.78 is 24.6. The zero-order valence-electron chi connectivity index (χ0n) is 9.57. The van der Waals surface area contributed by atoms with Crippen molar-refractivity contribution in [3.63, 3.8) is 0 Å². The van der Waals surface area contributed by atoms with Gasteiger partial charge >= 0.3 is 5.97 Å². The van der Waals surface area contributed by atoms with E-state index in [1.807, 2.05) is 0 Å². The Morgan fingerprint density at radius 2 is 2.00 bits per heavy atom. The molecule has 0 aliphatic rings. The Kier molecular flexibility index (Phi) is 4.19. The minimum Gasteiger partial charge on any atom is -0.480 e. The molecule has 17 heavy (non-hydrogen) atoms. The number of nitrogens with zero attached hydrogens (tertiary/aromatic N) is 2. The molecule has 1 aromatic heterocycles. The van der Waals surface area contributed by atoms with E-state index in [2.05, 4.69) is 4.98 Å². The SMILES string of the molecule is CC(C(=O)O)S(=O)(=O)N(C)Cc1ccncc1. The first kappa shape index (κ1) is 13.6. The van der Waals surface area contributed by atoms with Crippen molar-refractivity contribution >= 4 is 16.0 Å². The highest BCUT2D eigenvalue weighted by Gasteiger charge is 2.31. The van der Waals surface area contributed by atoms with Gasteiger partial charge in [0.15, 0.2) is 5.25 Å². The van der Waals surface area contributed by atoms with Gasteiger partial charge in [-0.25, -0.2) is 8.42 Å². The zero-order valence-corrected chi connectivity index (χ0v) is 10.4. The van der Waals surface area contributed by atoms with Crippen LogP contribution in [0.3, 0.4) is 0 Å². The van der Waals surface area contributed by atoms with Crippen molar-refractivity contribution in [3.05, 3.63) is 30.1 Å². The van der Waals surface area contributed by atoms with Crippen LogP contribution in [0, 0.1) is 0 Å². The monoisotopic (exact) mass is 258 g/mol. The van der Waals surface area contributed by atoms with Crippen molar-refractivity contribution in [1.82, 2.24) is 9.29 Å². The molecule has 0 aliphatic carbocycles. The first-order valence-electron chi connectivity index (χ1n) is 4.92. The molecule has 0 saturated carbocycles. The molecular formula is C10H14N2O4S. The third-order valence-corrected chi connectivity index (χ3v) is 4.48. The number of carbonyl (C=O) groups is 1. The molecule has 0 fully saturated rings. The van der Waals surface area contributed by atoms with E-state index in [-0.39, 0.29) is 6.54 Å². The minimum atomic E-state index is -3.82. The van der Waals surface area contributed by atoms with Crippen molar-refractivity contribution in [2.75, 3.05) is 7.05 Å². The van der Waals surface area contributed by atoms with Crippen LogP contribution in [0.15, 0.2) is 24.5 Å². The molecule has 94 valence electrons. The zero-order chi connectivity index (χ0) is 13.1. The lowest BCUT2D eigenvalue weighted by Gasteiger charge is -2.19. The van der Waals surface area contributed by atoms with Gasteiger partial charge in [-0.1, -0.05) is 0 Å². The predicted octanol–water partition coefficient (Wildman–Crippen LogP) is 0.316. The standard InChI is InChI=1S/C10H14N2O4S/c1-8(10(13)14)17(15,16)12(2)7-9-3-5-11-6-4-9/h3-6,8H,7H2,1-2H3,(H,13,14). The Bertz CT molecular complexity index is 486. The van der Waals surface area contributed by atoms with Crippen molar-refractivity contribution in [1.29, 1.82) is 0 Å². The Morgan fingerprint density at radius 1 is 1.47 bits per heavy atom. The van der Waals surface area contributed by atoms with Gasteiger partial charge in [0.1, 0.15) is 0 Å². The first-order chi connectivity index (χ1) is 7.85. The van der Waals surface area contributed by atoms with E-state index in [0.717, 1.165) is 16.8 Å². The molecule has 0 aliphatic heterocycles. The molecule has 0 spiro atoms. The van der Waals surface area contributed by atoms with E-state index in [9.17, 15) is 13.2 Å². The number of hydrogen-bond donors (Lipinski definition) is 1. The molecule has 0 radical (unpaired) electrons. The molecule has 7 heteroatoms. The summed E-state index contributed by atoms with van der Waals surface area (Å²) in [5.41, 5.74) is 0.753. The van der Waals surface area contributed by atoms with Crippen LogP contribution < -0.4 is 0 Å². The summed E-state index contributed by atoms with van der Waals surface area (Å²) in [4.78, 5) is 14.5. The van der Waals surface area contributed by atoms with Crippen LogP contribution in [-0.2, 0) is 21.4 Å². The Morgan fingerprint density at radius 3 is 2.47 bits per heavy atom. The molecule has 0 bridgehead atoms. The topological polar surface area (TPSA) is 87.6 Å². The molecule has 1 rings (SSSR count). The molecule has 1 N–H and O–H groups in total. The summed E-state index contributed by atoms with van der Waals surface area (Å²) in [6.45, 7) is 1.28. The van der Waals surface area contributed by atoms with Crippen LogP contribution in [0.2, 0.25) is 0 Å². The van der Waals surface area contributed by atoms with E-state index in [1.165, 1.54) is 7.05 Å². The first-order valence-corrected chi connectivity index (χ1v) is 6.43. The Balaban J connectivity index is 2.84. The number of carboxylic acids is 1. The average Bonchev–Trinajstić information content (AvgIpc) is 2.29. The number of sulfonamides is 1. The second kappa shape index (κ2) is 5.24. The highest BCUT2D eigenvalue weighted by molar-refractivity contribution is 7.90. The molecule has 0 saturated heterocycles. The van der Waals surface area contributed by atoms with E-state index >= 15 is 0 Å². The summed E-state index contributed by atoms with van der Waals surface area (Å²) in [5.74, 6) is -1.36. The number of aliphatic carboxylic acids is 1. The Labute approximate surface area is 100.0 Å². The van der Waals surface area contributed by atoms with Crippen LogP contribution in [0.4, 0.5) is 0 Å². The molecule has 1 atom stereocenters. The van der Waals surface area contributed by atoms with Crippen LogP contribution in [0.25, 0.3) is 0 Å². The Hall–Kier alpha value is -1.47. The largest absolute Gasteiger partial charge is 0.480 e. The second-order valence-electron chi connectivity index (χ2n) is 3.64. The molecule has 1 unspecified atom stereocenters. The summed E-state index contributed by atoms with van der Waals surface area (Å²) in [7, 11) is -2.47. The van der Waals surface area contributed by atoms with Gasteiger partial charge in [-0.3, -0.25) is 9.78 Å². The van der Waals surface area contributed by atoms with Crippen molar-refractivity contribution < 1.29 is 18.3 Å². The van der Waals surface area contributed by atoms with Gasteiger partial charge in [-0.05, 0) is 24.6 Å². The maximum atomic E-state index is 11.8. The maximum absolute atomic E-state index is 11.8. The summed E-state index contributed by atoms with van der Waals surface area (Å²) in [5, 5.41) is 7.27. The number of hydrogen-bond acceptors (Lipinski definition) is 4. The van der Waals surface area contributed by atoms with Gasteiger partial charge in [0.2, 0.25) is 10.0 Å². The number of carboxylic acid groups (broad SMARTS) is 1. The summed E-state index contributed by atoms with van der Waals surface area (Å²) in [6, 6.07) is 3.36. The molecular weight excluding hydrogens is 244 g/mol. The van der Waals surface area contributed by atoms with Crippen LogP contribution in [0.5, 0.6) is 0 Å². The van der Waals surface area contributed by atoms with Crippen molar-refractivity contribution in [2.45, 2.75) is 18.7 Å². The third-order valence-electron chi connectivity index (χ3n) is 2.38. The highest BCUT2D eigenvalue weighted by Crippen LogP contribution is 2.11. The number of aromatic nitrogens is 1. The van der Waals surface area contributed by atoms with Gasteiger partial charge in [-0.2, -0.15) is 4.31 Å². The van der Waals surface area contributed by atoms with Gasteiger partial charge in [0, 0.05) is 26.0 Å². The van der Waals surface area contributed by atoms with Crippen molar-refractivity contribution in [2.24, 2.45) is 0 Å². The minimum absolute atomic E-state index is 0.127. The van der Waals surface area contributed by atoms with Crippen LogP contribution in [0.1, 0.15) is 12.5 Å². The van der Waals surface area contributed by atoms with E-state index in [0.29, 0.717) is 0 Å². The lowest BCUT2D eigenvalue weighted by molar-refractivity contribution is -0.136. The normalized spacial score (nSPS) is 13.6. The van der Waals surface area contributed by atoms with Gasteiger partial charge in [-0.15, -0.1) is 0 Å². The maximum Gasteiger partial charge on any atom is 0.323 e. The van der Waals surface area contributed by atoms with Gasteiger partial charge in [0.05, 0.1) is 0 Å². The summed E-state index contributed by atoms with van der Waals surface area (Å²) >= 11 is 0. The van der Waals surface area contributed by atoms with Crippen molar-refractivity contribution in [3.8, 4) is 0 Å². The molecule has 0 amide bonds. The molecule has 1 aromatic rings.